The highest BCUT2D eigenvalue weighted by atomic mass is 32.2. The molecule has 0 unspecified atom stereocenters. The number of nitrogens with zero attached hydrogens (tertiary/aromatic N) is 1. The van der Waals surface area contributed by atoms with Gasteiger partial charge >= 0.3 is 12.1 Å². The lowest BCUT2D eigenvalue weighted by atomic mass is 9.88. The Morgan fingerprint density at radius 1 is 1.29 bits per heavy atom. The number of rotatable bonds is 4. The van der Waals surface area contributed by atoms with Crippen molar-refractivity contribution < 1.29 is 30.8 Å². The lowest BCUT2D eigenvalue weighted by Gasteiger charge is -2.29. The number of carbonyl (C=O) groups excluding carboxylic acids is 1. The third-order valence-corrected chi connectivity index (χ3v) is 5.98. The number of amides is 1. The summed E-state index contributed by atoms with van der Waals surface area (Å²) in [6.07, 6.45) is -4.66. The molecule has 0 atom stereocenters. The van der Waals surface area contributed by atoms with Crippen molar-refractivity contribution in [3.8, 4) is 0 Å². The van der Waals surface area contributed by atoms with E-state index in [1.807, 2.05) is 4.72 Å². The van der Waals surface area contributed by atoms with Gasteiger partial charge < -0.3 is 4.42 Å². The maximum absolute atomic E-state index is 12.6. The zero-order chi connectivity index (χ0) is 18.1. The average Bonchev–Trinajstić information content (AvgIpc) is 2.87. The zero-order valence-electron chi connectivity index (χ0n) is 13.3. The molecule has 1 aromatic rings. The fourth-order valence-corrected chi connectivity index (χ4v) is 4.18. The predicted octanol–water partition coefficient (Wildman–Crippen LogP) is 2.73. The summed E-state index contributed by atoms with van der Waals surface area (Å²) in [6, 6.07) is 0. The Bertz CT molecular complexity index is 704. The molecule has 0 saturated heterocycles. The molecule has 0 aromatic carbocycles. The first-order valence-electron chi connectivity index (χ1n) is 7.63. The van der Waals surface area contributed by atoms with Gasteiger partial charge in [-0.3, -0.25) is 4.79 Å². The number of nitrogens with one attached hydrogen (secondary N) is 1. The fraction of sp³-hybridized carbons (Fsp3) is 0.714. The molecule has 6 nitrogen and oxygen atoms in total. The fourth-order valence-electron chi connectivity index (χ4n) is 2.77. The van der Waals surface area contributed by atoms with Crippen molar-refractivity contribution in [2.75, 3.05) is 0 Å². The van der Waals surface area contributed by atoms with Crippen LogP contribution in [0.5, 0.6) is 0 Å². The van der Waals surface area contributed by atoms with Gasteiger partial charge in [0.15, 0.2) is 5.89 Å². The smallest absolute Gasteiger partial charge is 0.391 e. The number of hydrogen-bond acceptors (Lipinski definition) is 5. The zero-order valence-corrected chi connectivity index (χ0v) is 14.1. The van der Waals surface area contributed by atoms with Crippen LogP contribution in [-0.4, -0.2) is 30.7 Å². The molecule has 2 rings (SSSR count). The SMILES string of the molecule is CCc1nc(C)c(C(=O)NS(=O)(=O)C2CCC(C(F)(F)F)CC2)o1. The molecular formula is C14H19F3N2O4S. The standard InChI is InChI=1S/C14H19F3N2O4S/c1-3-11-18-8(2)12(23-11)13(20)19-24(21,22)10-6-4-9(5-7-10)14(15,16)17/h9-10H,3-7H2,1-2H3,(H,19,20). The van der Waals surface area contributed by atoms with E-state index in [9.17, 15) is 26.4 Å². The molecule has 1 aliphatic carbocycles. The molecule has 1 fully saturated rings. The average molecular weight is 368 g/mol. The summed E-state index contributed by atoms with van der Waals surface area (Å²) in [7, 11) is -4.07. The van der Waals surface area contributed by atoms with E-state index in [4.69, 9.17) is 4.42 Å². The number of aromatic nitrogens is 1. The van der Waals surface area contributed by atoms with E-state index in [0.717, 1.165) is 0 Å². The van der Waals surface area contributed by atoms with E-state index in [0.29, 0.717) is 12.3 Å². The monoisotopic (exact) mass is 368 g/mol. The number of hydrogen-bond donors (Lipinski definition) is 1. The van der Waals surface area contributed by atoms with Gasteiger partial charge in [0.2, 0.25) is 15.8 Å². The first-order valence-corrected chi connectivity index (χ1v) is 9.18. The Hall–Kier alpha value is -1.58. The Kier molecular flexibility index (Phi) is 5.26. The number of alkyl halides is 3. The van der Waals surface area contributed by atoms with Crippen molar-refractivity contribution in [2.45, 2.75) is 57.4 Å². The van der Waals surface area contributed by atoms with Gasteiger partial charge in [0.25, 0.3) is 0 Å². The molecule has 24 heavy (non-hydrogen) atoms. The lowest BCUT2D eigenvalue weighted by molar-refractivity contribution is -0.181. The highest BCUT2D eigenvalue weighted by molar-refractivity contribution is 7.90. The summed E-state index contributed by atoms with van der Waals surface area (Å²) >= 11 is 0. The third-order valence-electron chi connectivity index (χ3n) is 4.16. The highest BCUT2D eigenvalue weighted by Gasteiger charge is 2.44. The van der Waals surface area contributed by atoms with Crippen LogP contribution in [-0.2, 0) is 16.4 Å². The number of halogens is 3. The summed E-state index contributed by atoms with van der Waals surface area (Å²) < 4.78 is 69.5. The minimum absolute atomic E-state index is 0.137. The molecule has 1 saturated carbocycles. The number of sulfonamides is 1. The van der Waals surface area contributed by atoms with Gasteiger partial charge in [-0.2, -0.15) is 13.2 Å². The third kappa shape index (κ3) is 4.08. The van der Waals surface area contributed by atoms with Crippen LogP contribution < -0.4 is 4.72 Å². The van der Waals surface area contributed by atoms with E-state index < -0.39 is 33.3 Å². The minimum Gasteiger partial charge on any atom is -0.435 e. The molecule has 1 heterocycles. The van der Waals surface area contributed by atoms with E-state index in [1.54, 1.807) is 6.92 Å². The van der Waals surface area contributed by atoms with Gasteiger partial charge in [0.05, 0.1) is 16.9 Å². The van der Waals surface area contributed by atoms with Crippen molar-refractivity contribution >= 4 is 15.9 Å². The van der Waals surface area contributed by atoms with Crippen LogP contribution >= 0.6 is 0 Å². The second-order valence-corrected chi connectivity index (χ2v) is 7.83. The Labute approximate surface area is 137 Å². The van der Waals surface area contributed by atoms with E-state index in [-0.39, 0.29) is 37.1 Å². The normalized spacial score (nSPS) is 22.4. The van der Waals surface area contributed by atoms with Crippen LogP contribution in [0.3, 0.4) is 0 Å². The van der Waals surface area contributed by atoms with E-state index >= 15 is 0 Å². The molecule has 1 amide bonds. The maximum Gasteiger partial charge on any atom is 0.391 e. The van der Waals surface area contributed by atoms with Crippen LogP contribution in [0.25, 0.3) is 0 Å². The molecule has 1 N–H and O–H groups in total. The Morgan fingerprint density at radius 2 is 1.88 bits per heavy atom. The molecule has 0 radical (unpaired) electrons. The van der Waals surface area contributed by atoms with Crippen LogP contribution in [0, 0.1) is 12.8 Å². The summed E-state index contributed by atoms with van der Waals surface area (Å²) in [5.41, 5.74) is 0.264. The molecule has 1 aliphatic rings. The van der Waals surface area contributed by atoms with Crippen LogP contribution in [0.1, 0.15) is 54.7 Å². The predicted molar refractivity (Wildman–Crippen MR) is 78.8 cm³/mol. The van der Waals surface area contributed by atoms with E-state index in [2.05, 4.69) is 4.98 Å². The molecule has 10 heteroatoms. The van der Waals surface area contributed by atoms with Crippen molar-refractivity contribution in [2.24, 2.45) is 5.92 Å². The molecule has 136 valence electrons. The Morgan fingerprint density at radius 3 is 2.33 bits per heavy atom. The number of aryl methyl sites for hydroxylation is 2. The molecule has 0 aliphatic heterocycles. The van der Waals surface area contributed by atoms with Gasteiger partial charge in [-0.15, -0.1) is 0 Å². The largest absolute Gasteiger partial charge is 0.435 e. The first kappa shape index (κ1) is 18.8. The second-order valence-electron chi connectivity index (χ2n) is 5.87. The Balaban J connectivity index is 2.04. The quantitative estimate of drug-likeness (QED) is 0.883. The summed E-state index contributed by atoms with van der Waals surface area (Å²) in [5, 5.41) is -1.02. The molecule has 0 spiro atoms. The number of oxazole rings is 1. The summed E-state index contributed by atoms with van der Waals surface area (Å²) in [4.78, 5) is 16.1. The minimum atomic E-state index is -4.31. The summed E-state index contributed by atoms with van der Waals surface area (Å²) in [5.74, 6) is -2.32. The topological polar surface area (TPSA) is 89.3 Å². The second kappa shape index (κ2) is 6.73. The first-order chi connectivity index (χ1) is 11.0. The van der Waals surface area contributed by atoms with Crippen molar-refractivity contribution in [3.63, 3.8) is 0 Å². The van der Waals surface area contributed by atoms with Crippen molar-refractivity contribution in [3.05, 3.63) is 17.3 Å². The lowest BCUT2D eigenvalue weighted by Crippen LogP contribution is -2.41. The van der Waals surface area contributed by atoms with Gasteiger partial charge in [-0.05, 0) is 32.6 Å². The van der Waals surface area contributed by atoms with Gasteiger partial charge in [0, 0.05) is 6.42 Å². The van der Waals surface area contributed by atoms with Crippen molar-refractivity contribution in [1.82, 2.24) is 9.71 Å². The van der Waals surface area contributed by atoms with Gasteiger partial charge in [0.1, 0.15) is 0 Å². The van der Waals surface area contributed by atoms with Gasteiger partial charge in [-0.1, -0.05) is 6.92 Å². The maximum atomic E-state index is 12.6. The highest BCUT2D eigenvalue weighted by Crippen LogP contribution is 2.39. The van der Waals surface area contributed by atoms with Crippen LogP contribution in [0.15, 0.2) is 4.42 Å². The van der Waals surface area contributed by atoms with Crippen LogP contribution in [0.4, 0.5) is 13.2 Å². The van der Waals surface area contributed by atoms with Gasteiger partial charge in [-0.25, -0.2) is 18.1 Å². The molecule has 1 aromatic heterocycles. The molecule has 0 bridgehead atoms. The summed E-state index contributed by atoms with van der Waals surface area (Å²) in [6.45, 7) is 3.28. The van der Waals surface area contributed by atoms with Crippen LogP contribution in [0.2, 0.25) is 0 Å². The van der Waals surface area contributed by atoms with E-state index in [1.165, 1.54) is 6.92 Å². The number of carbonyl (C=O) groups is 1. The van der Waals surface area contributed by atoms with Crippen molar-refractivity contribution in [1.29, 1.82) is 0 Å². The molecular weight excluding hydrogens is 349 g/mol.